The van der Waals surface area contributed by atoms with Crippen molar-refractivity contribution < 1.29 is 24.2 Å². The highest BCUT2D eigenvalue weighted by Crippen LogP contribution is 2.06. The van der Waals surface area contributed by atoms with Crippen LogP contribution in [-0.2, 0) is 20.9 Å². The fourth-order valence-electron chi connectivity index (χ4n) is 1.64. The van der Waals surface area contributed by atoms with E-state index in [0.29, 0.717) is 17.1 Å². The van der Waals surface area contributed by atoms with Crippen LogP contribution in [0.2, 0.25) is 0 Å². The molecule has 0 heterocycles. The van der Waals surface area contributed by atoms with E-state index < -0.39 is 18.1 Å². The van der Waals surface area contributed by atoms with Gasteiger partial charge in [-0.15, -0.1) is 0 Å². The van der Waals surface area contributed by atoms with Crippen LogP contribution in [0.25, 0.3) is 0 Å². The molecule has 0 radical (unpaired) electrons. The molecular weight excluding hydrogens is 458 g/mol. The molecule has 1 atom stereocenters. The first kappa shape index (κ1) is 23.6. The summed E-state index contributed by atoms with van der Waals surface area (Å²) in [6, 6.07) is 8.30. The number of halogens is 2. The first-order valence-electron chi connectivity index (χ1n) is 7.63. The molecule has 0 aliphatic carbocycles. The lowest BCUT2D eigenvalue weighted by atomic mass is 10.0. The van der Waals surface area contributed by atoms with Crippen LogP contribution in [0.1, 0.15) is 25.8 Å². The molecule has 0 aliphatic rings. The van der Waals surface area contributed by atoms with E-state index in [0.717, 1.165) is 5.56 Å². The van der Waals surface area contributed by atoms with Crippen LogP contribution < -0.4 is 5.32 Å². The van der Waals surface area contributed by atoms with Gasteiger partial charge < -0.3 is 15.2 Å². The highest BCUT2D eigenvalue weighted by molar-refractivity contribution is 9.10. The van der Waals surface area contributed by atoms with Crippen molar-refractivity contribution in [1.29, 1.82) is 0 Å². The Morgan fingerprint density at radius 1 is 1.12 bits per heavy atom. The largest absolute Gasteiger partial charge is 0.480 e. The van der Waals surface area contributed by atoms with E-state index in [1.54, 1.807) is 0 Å². The molecule has 0 bridgehead atoms. The minimum atomic E-state index is -1.05. The van der Waals surface area contributed by atoms with Crippen LogP contribution in [0.4, 0.5) is 4.79 Å². The minimum absolute atomic E-state index is 0.126. The number of amides is 1. The minimum Gasteiger partial charge on any atom is -0.480 e. The van der Waals surface area contributed by atoms with Crippen molar-refractivity contribution in [3.63, 3.8) is 0 Å². The molecule has 0 spiro atoms. The number of hydrogen-bond donors (Lipinski definition) is 2. The summed E-state index contributed by atoms with van der Waals surface area (Å²) < 4.78 is 4.98. The SMILES string of the molecule is CC(C)C[C@H](NC(=O)OCc1ccccc1)C(=O)O.O=C(CBr)CBr. The van der Waals surface area contributed by atoms with Crippen molar-refractivity contribution in [3.05, 3.63) is 35.9 Å². The molecule has 0 fully saturated rings. The van der Waals surface area contributed by atoms with Gasteiger partial charge in [-0.1, -0.05) is 76.0 Å². The summed E-state index contributed by atoms with van der Waals surface area (Å²) in [5, 5.41) is 12.3. The van der Waals surface area contributed by atoms with Gasteiger partial charge in [0, 0.05) is 0 Å². The molecule has 1 aromatic rings. The van der Waals surface area contributed by atoms with Gasteiger partial charge in [0.25, 0.3) is 0 Å². The number of carboxylic acids is 1. The predicted molar refractivity (Wildman–Crippen MR) is 103 cm³/mol. The number of benzene rings is 1. The molecule has 1 rings (SSSR count). The summed E-state index contributed by atoms with van der Waals surface area (Å²) in [5.74, 6) is -0.698. The van der Waals surface area contributed by atoms with Gasteiger partial charge in [-0.3, -0.25) is 4.79 Å². The quantitative estimate of drug-likeness (QED) is 0.552. The molecule has 0 aliphatic heterocycles. The monoisotopic (exact) mass is 479 g/mol. The predicted octanol–water partition coefficient (Wildman–Crippen LogP) is 3.76. The molecular formula is C17H23Br2NO5. The average Bonchev–Trinajstić information content (AvgIpc) is 2.59. The van der Waals surface area contributed by atoms with Crippen LogP contribution in [0.5, 0.6) is 0 Å². The fourth-order valence-corrected chi connectivity index (χ4v) is 2.56. The maximum Gasteiger partial charge on any atom is 0.408 e. The maximum absolute atomic E-state index is 11.5. The number of hydrogen-bond acceptors (Lipinski definition) is 4. The summed E-state index contributed by atoms with van der Waals surface area (Å²) in [5.41, 5.74) is 0.855. The standard InChI is InChI=1S/C14H19NO4.C3H4Br2O/c1-10(2)8-12(13(16)17)15-14(18)19-9-11-6-4-3-5-7-11;4-1-3(6)2-5/h3-7,10,12H,8-9H2,1-2H3,(H,15,18)(H,16,17);1-2H2/t12-;/m0./s1. The normalized spacial score (nSPS) is 11.1. The van der Waals surface area contributed by atoms with E-state index in [4.69, 9.17) is 9.84 Å². The number of carbonyl (C=O) groups is 3. The second kappa shape index (κ2) is 13.8. The number of ketones is 1. The molecule has 1 aromatic carbocycles. The van der Waals surface area contributed by atoms with Gasteiger partial charge >= 0.3 is 12.1 Å². The zero-order valence-electron chi connectivity index (χ0n) is 14.2. The van der Waals surface area contributed by atoms with Crippen LogP contribution in [0.3, 0.4) is 0 Å². The Morgan fingerprint density at radius 2 is 1.68 bits per heavy atom. The van der Waals surface area contributed by atoms with Crippen molar-refractivity contribution in [1.82, 2.24) is 5.32 Å². The average molecular weight is 481 g/mol. The fraction of sp³-hybridized carbons (Fsp3) is 0.471. The van der Waals surface area contributed by atoms with Gasteiger partial charge in [-0.25, -0.2) is 9.59 Å². The molecule has 2 N–H and O–H groups in total. The second-order valence-electron chi connectivity index (χ2n) is 5.53. The molecule has 0 unspecified atom stereocenters. The molecule has 1 amide bonds. The summed E-state index contributed by atoms with van der Waals surface area (Å²) >= 11 is 5.99. The van der Waals surface area contributed by atoms with Gasteiger partial charge in [0.15, 0.2) is 5.78 Å². The third kappa shape index (κ3) is 12.6. The van der Waals surface area contributed by atoms with Crippen molar-refractivity contribution in [2.24, 2.45) is 5.92 Å². The number of alkyl halides is 2. The van der Waals surface area contributed by atoms with Gasteiger partial charge in [0.1, 0.15) is 12.6 Å². The van der Waals surface area contributed by atoms with Crippen LogP contribution >= 0.6 is 31.9 Å². The van der Waals surface area contributed by atoms with Crippen molar-refractivity contribution in [2.75, 3.05) is 10.7 Å². The van der Waals surface area contributed by atoms with Crippen molar-refractivity contribution >= 4 is 49.7 Å². The Kier molecular flexibility index (Phi) is 13.1. The van der Waals surface area contributed by atoms with Gasteiger partial charge in [0.05, 0.1) is 10.7 Å². The maximum atomic E-state index is 11.5. The van der Waals surface area contributed by atoms with Crippen molar-refractivity contribution in [2.45, 2.75) is 32.9 Å². The Labute approximate surface area is 164 Å². The topological polar surface area (TPSA) is 92.7 Å². The van der Waals surface area contributed by atoms with E-state index in [-0.39, 0.29) is 18.3 Å². The number of rotatable bonds is 8. The Morgan fingerprint density at radius 3 is 2.08 bits per heavy atom. The van der Waals surface area contributed by atoms with E-state index in [1.807, 2.05) is 44.2 Å². The molecule has 0 saturated heterocycles. The Hall–Kier alpha value is -1.41. The van der Waals surface area contributed by atoms with E-state index in [2.05, 4.69) is 37.2 Å². The van der Waals surface area contributed by atoms with Gasteiger partial charge in [0.2, 0.25) is 0 Å². The van der Waals surface area contributed by atoms with Crippen LogP contribution in [-0.4, -0.2) is 39.7 Å². The Balaban J connectivity index is 0.000000823. The second-order valence-corrected chi connectivity index (χ2v) is 6.65. The number of nitrogens with one attached hydrogen (secondary N) is 1. The first-order valence-corrected chi connectivity index (χ1v) is 9.88. The highest BCUT2D eigenvalue weighted by atomic mass is 79.9. The number of Topliss-reactive ketones (excluding diaryl/α,β-unsaturated/α-hetero) is 1. The van der Waals surface area contributed by atoms with Crippen LogP contribution in [0.15, 0.2) is 30.3 Å². The van der Waals surface area contributed by atoms with Gasteiger partial charge in [-0.2, -0.15) is 0 Å². The molecule has 140 valence electrons. The Bertz CT molecular complexity index is 531. The summed E-state index contributed by atoms with van der Waals surface area (Å²) in [7, 11) is 0. The summed E-state index contributed by atoms with van der Waals surface area (Å²) in [4.78, 5) is 32.6. The number of carbonyl (C=O) groups excluding carboxylic acids is 2. The van der Waals surface area contributed by atoms with Gasteiger partial charge in [-0.05, 0) is 17.9 Å². The van der Waals surface area contributed by atoms with Crippen molar-refractivity contribution in [3.8, 4) is 0 Å². The van der Waals surface area contributed by atoms with E-state index in [9.17, 15) is 14.4 Å². The smallest absolute Gasteiger partial charge is 0.408 e. The third-order valence-corrected chi connectivity index (χ3v) is 4.06. The first-order chi connectivity index (χ1) is 11.8. The number of carboxylic acid groups (broad SMARTS) is 1. The number of aliphatic carboxylic acids is 1. The molecule has 8 heteroatoms. The lowest BCUT2D eigenvalue weighted by Crippen LogP contribution is -2.41. The lowest BCUT2D eigenvalue weighted by molar-refractivity contribution is -0.139. The summed E-state index contributed by atoms with van der Waals surface area (Å²) in [6.07, 6.45) is -0.340. The molecule has 25 heavy (non-hydrogen) atoms. The third-order valence-electron chi connectivity index (χ3n) is 2.81. The zero-order chi connectivity index (χ0) is 19.2. The van der Waals surface area contributed by atoms with Crippen LogP contribution in [0, 0.1) is 5.92 Å². The number of ether oxygens (including phenoxy) is 1. The molecule has 6 nitrogen and oxygen atoms in total. The van der Waals surface area contributed by atoms with E-state index >= 15 is 0 Å². The zero-order valence-corrected chi connectivity index (χ0v) is 17.4. The number of alkyl carbamates (subject to hydrolysis) is 1. The lowest BCUT2D eigenvalue weighted by Gasteiger charge is -2.16. The summed E-state index contributed by atoms with van der Waals surface area (Å²) in [6.45, 7) is 3.92. The molecule has 0 saturated carbocycles. The highest BCUT2D eigenvalue weighted by Gasteiger charge is 2.21. The molecule has 0 aromatic heterocycles. The van der Waals surface area contributed by atoms with E-state index in [1.165, 1.54) is 0 Å².